The number of ether oxygens (including phenoxy) is 5. The van der Waals surface area contributed by atoms with E-state index in [2.05, 4.69) is 0 Å². The smallest absolute Gasteiger partial charge is 0.228 e. The molecule has 5 unspecified atom stereocenters. The van der Waals surface area contributed by atoms with Crippen LogP contribution in [-0.4, -0.2) is 76.1 Å². The fourth-order valence-electron chi connectivity index (χ4n) is 3.65. The third kappa shape index (κ3) is 4.18. The molecule has 178 valence electrons. The number of hydrogen-bond donors (Lipinski definition) is 6. The molecule has 1 saturated heterocycles. The first-order valence-electron chi connectivity index (χ1n) is 9.95. The van der Waals surface area contributed by atoms with Gasteiger partial charge in [0.25, 0.3) is 0 Å². The standard InChI is InChI=1S/C22H24O11/c1-29-15-3-9(4-16(30-2)19(15)27)21-17(33-22-20(28)18(26)13(25)8-31-22)7-11-12(24)5-10(23)6-14(11)32-21/h3-7,13,18,20-28H,8H2,1-2H3. The van der Waals surface area contributed by atoms with Crippen molar-refractivity contribution in [2.75, 3.05) is 20.8 Å². The van der Waals surface area contributed by atoms with Crippen molar-refractivity contribution in [2.45, 2.75) is 30.7 Å². The highest BCUT2D eigenvalue weighted by molar-refractivity contribution is 5.70. The Bertz CT molecular complexity index is 1040. The first-order valence-corrected chi connectivity index (χ1v) is 9.95. The van der Waals surface area contributed by atoms with Crippen molar-refractivity contribution in [1.29, 1.82) is 0 Å². The Kier molecular flexibility index (Phi) is 6.13. The average Bonchev–Trinajstić information content (AvgIpc) is 2.79. The minimum atomic E-state index is -1.57. The minimum absolute atomic E-state index is 0.0610. The fourth-order valence-corrected chi connectivity index (χ4v) is 3.65. The average molecular weight is 464 g/mol. The Morgan fingerprint density at radius 3 is 2.21 bits per heavy atom. The normalized spacial score (nSPS) is 26.6. The highest BCUT2D eigenvalue weighted by Gasteiger charge is 2.41. The number of aliphatic hydroxyl groups excluding tert-OH is 3. The summed E-state index contributed by atoms with van der Waals surface area (Å²) in [7, 11) is 2.72. The number of rotatable bonds is 5. The van der Waals surface area contributed by atoms with Crippen molar-refractivity contribution < 1.29 is 54.3 Å². The summed E-state index contributed by atoms with van der Waals surface area (Å²) in [6, 6.07) is 5.37. The lowest BCUT2D eigenvalue weighted by Gasteiger charge is -2.37. The van der Waals surface area contributed by atoms with Gasteiger partial charge in [-0.2, -0.15) is 0 Å². The molecule has 0 radical (unpaired) electrons. The Hall–Kier alpha value is -3.38. The summed E-state index contributed by atoms with van der Waals surface area (Å²) in [6.07, 6.45) is -5.32. The predicted molar refractivity (Wildman–Crippen MR) is 111 cm³/mol. The zero-order valence-electron chi connectivity index (χ0n) is 17.7. The SMILES string of the molecule is COc1cc(C2Oc3cc(O)cc(O)c3C=C2OC2OCC(O)C(O)C2O)cc(OC)c1O. The number of benzene rings is 2. The van der Waals surface area contributed by atoms with Gasteiger partial charge in [-0.3, -0.25) is 0 Å². The Labute approximate surface area is 188 Å². The summed E-state index contributed by atoms with van der Waals surface area (Å²) < 4.78 is 27.6. The zero-order valence-corrected chi connectivity index (χ0v) is 17.7. The molecule has 4 rings (SSSR count). The van der Waals surface area contributed by atoms with E-state index in [-0.39, 0.29) is 52.4 Å². The van der Waals surface area contributed by atoms with E-state index in [4.69, 9.17) is 23.7 Å². The molecule has 0 aliphatic carbocycles. The van der Waals surface area contributed by atoms with Crippen molar-refractivity contribution in [2.24, 2.45) is 0 Å². The first kappa shape index (κ1) is 22.8. The summed E-state index contributed by atoms with van der Waals surface area (Å²) in [5, 5.41) is 60.4. The van der Waals surface area contributed by atoms with Crippen molar-refractivity contribution in [3.63, 3.8) is 0 Å². The molecule has 0 spiro atoms. The van der Waals surface area contributed by atoms with E-state index in [1.54, 1.807) is 0 Å². The molecule has 5 atom stereocenters. The fraction of sp³-hybridized carbons (Fsp3) is 0.364. The molecule has 2 aliphatic rings. The zero-order chi connectivity index (χ0) is 23.9. The van der Waals surface area contributed by atoms with E-state index in [0.29, 0.717) is 5.56 Å². The van der Waals surface area contributed by atoms with Crippen LogP contribution in [-0.2, 0) is 9.47 Å². The summed E-state index contributed by atoms with van der Waals surface area (Å²) >= 11 is 0. The Morgan fingerprint density at radius 1 is 0.909 bits per heavy atom. The monoisotopic (exact) mass is 464 g/mol. The number of hydrogen-bond acceptors (Lipinski definition) is 11. The van der Waals surface area contributed by atoms with Gasteiger partial charge in [0.15, 0.2) is 17.6 Å². The summed E-state index contributed by atoms with van der Waals surface area (Å²) in [4.78, 5) is 0. The molecule has 33 heavy (non-hydrogen) atoms. The maximum absolute atomic E-state index is 10.3. The quantitative estimate of drug-likeness (QED) is 0.369. The van der Waals surface area contributed by atoms with E-state index < -0.39 is 30.7 Å². The molecule has 11 heteroatoms. The number of phenolic OH excluding ortho intramolecular Hbond substituents is 3. The van der Waals surface area contributed by atoms with Gasteiger partial charge in [-0.05, 0) is 18.2 Å². The number of aliphatic hydroxyl groups is 3. The molecule has 0 bridgehead atoms. The molecular weight excluding hydrogens is 440 g/mol. The predicted octanol–water partition coefficient (Wildman–Crippen LogP) is 0.751. The first-order chi connectivity index (χ1) is 15.7. The van der Waals surface area contributed by atoms with Crippen molar-refractivity contribution in [3.8, 4) is 34.5 Å². The van der Waals surface area contributed by atoms with Gasteiger partial charge in [0.2, 0.25) is 12.0 Å². The molecule has 2 aromatic carbocycles. The molecule has 6 N–H and O–H groups in total. The van der Waals surface area contributed by atoms with E-state index >= 15 is 0 Å². The van der Waals surface area contributed by atoms with Gasteiger partial charge >= 0.3 is 0 Å². The van der Waals surface area contributed by atoms with Crippen LogP contribution in [0.15, 0.2) is 30.0 Å². The van der Waals surface area contributed by atoms with Crippen molar-refractivity contribution >= 4 is 6.08 Å². The second-order valence-electron chi connectivity index (χ2n) is 7.56. The number of fused-ring (bicyclic) bond motifs is 1. The van der Waals surface area contributed by atoms with E-state index in [9.17, 15) is 30.6 Å². The molecule has 0 amide bonds. The van der Waals surface area contributed by atoms with E-state index in [1.807, 2.05) is 0 Å². The van der Waals surface area contributed by atoms with Crippen molar-refractivity contribution in [3.05, 3.63) is 41.2 Å². The number of methoxy groups -OCH3 is 2. The highest BCUT2D eigenvalue weighted by Crippen LogP contribution is 2.47. The summed E-state index contributed by atoms with van der Waals surface area (Å²) in [5.74, 6) is -0.376. The molecule has 2 heterocycles. The molecule has 0 saturated carbocycles. The third-order valence-electron chi connectivity index (χ3n) is 5.41. The van der Waals surface area contributed by atoms with Gasteiger partial charge in [-0.25, -0.2) is 0 Å². The summed E-state index contributed by atoms with van der Waals surface area (Å²) in [5.41, 5.74) is 0.592. The molecule has 0 aromatic heterocycles. The molecule has 1 fully saturated rings. The van der Waals surface area contributed by atoms with Crippen LogP contribution in [0.25, 0.3) is 6.08 Å². The van der Waals surface area contributed by atoms with Crippen LogP contribution in [0, 0.1) is 0 Å². The largest absolute Gasteiger partial charge is 0.508 e. The van der Waals surface area contributed by atoms with Crippen LogP contribution in [0.1, 0.15) is 17.2 Å². The molecule has 2 aliphatic heterocycles. The highest BCUT2D eigenvalue weighted by atomic mass is 16.7. The van der Waals surface area contributed by atoms with Crippen LogP contribution in [0.3, 0.4) is 0 Å². The lowest BCUT2D eigenvalue weighted by Crippen LogP contribution is -2.53. The number of phenols is 3. The topological polar surface area (TPSA) is 168 Å². The lowest BCUT2D eigenvalue weighted by atomic mass is 10.00. The van der Waals surface area contributed by atoms with Crippen LogP contribution in [0.2, 0.25) is 0 Å². The molecular formula is C22H24O11. The van der Waals surface area contributed by atoms with Crippen molar-refractivity contribution in [1.82, 2.24) is 0 Å². The van der Waals surface area contributed by atoms with Crippen LogP contribution in [0.5, 0.6) is 34.5 Å². The van der Waals surface area contributed by atoms with Gasteiger partial charge in [-0.15, -0.1) is 0 Å². The van der Waals surface area contributed by atoms with E-state index in [0.717, 1.165) is 6.07 Å². The maximum Gasteiger partial charge on any atom is 0.228 e. The Morgan fingerprint density at radius 2 is 1.58 bits per heavy atom. The molecule has 2 aromatic rings. The lowest BCUT2D eigenvalue weighted by molar-refractivity contribution is -0.261. The number of aromatic hydroxyl groups is 3. The Balaban J connectivity index is 1.78. The van der Waals surface area contributed by atoms with Gasteiger partial charge in [-0.1, -0.05) is 0 Å². The minimum Gasteiger partial charge on any atom is -0.508 e. The van der Waals surface area contributed by atoms with Crippen LogP contribution >= 0.6 is 0 Å². The maximum atomic E-state index is 10.3. The molecule has 11 nitrogen and oxygen atoms in total. The van der Waals surface area contributed by atoms with Gasteiger partial charge in [0.1, 0.15) is 41.3 Å². The van der Waals surface area contributed by atoms with Gasteiger partial charge in [0, 0.05) is 17.7 Å². The third-order valence-corrected chi connectivity index (χ3v) is 5.41. The van der Waals surface area contributed by atoms with E-state index in [1.165, 1.54) is 38.5 Å². The van der Waals surface area contributed by atoms with Crippen LogP contribution < -0.4 is 14.2 Å². The van der Waals surface area contributed by atoms with Gasteiger partial charge in [0.05, 0.1) is 26.4 Å². The second kappa shape index (κ2) is 8.87. The van der Waals surface area contributed by atoms with Crippen LogP contribution in [0.4, 0.5) is 0 Å². The second-order valence-corrected chi connectivity index (χ2v) is 7.56. The van der Waals surface area contributed by atoms with Gasteiger partial charge < -0.3 is 54.3 Å². The summed E-state index contributed by atoms with van der Waals surface area (Å²) in [6.45, 7) is -0.280.